The van der Waals surface area contributed by atoms with Crippen LogP contribution in [0.3, 0.4) is 0 Å². The van der Waals surface area contributed by atoms with Crippen LogP contribution in [-0.2, 0) is 9.53 Å². The maximum Gasteiger partial charge on any atom is 0.239 e. The Bertz CT molecular complexity index is 276. The summed E-state index contributed by atoms with van der Waals surface area (Å²) in [6.07, 6.45) is 3.91. The van der Waals surface area contributed by atoms with Crippen molar-refractivity contribution in [3.63, 3.8) is 0 Å². The number of hydrogen-bond donors (Lipinski definition) is 2. The van der Waals surface area contributed by atoms with Crippen LogP contribution in [0, 0.1) is 0 Å². The van der Waals surface area contributed by atoms with E-state index in [2.05, 4.69) is 15.5 Å². The van der Waals surface area contributed by atoms with Crippen molar-refractivity contribution in [3.8, 4) is 0 Å². The first-order chi connectivity index (χ1) is 8.77. The van der Waals surface area contributed by atoms with E-state index < -0.39 is 0 Å². The fourth-order valence-corrected chi connectivity index (χ4v) is 2.66. The Hall–Kier alpha value is -0.0700. The molecule has 5 nitrogen and oxygen atoms in total. The molecular weight excluding hydrogens is 301 g/mol. The molecule has 0 spiro atoms. The minimum atomic E-state index is -0.194. The molecule has 2 heterocycles. The lowest BCUT2D eigenvalue weighted by molar-refractivity contribution is -0.128. The number of hydrogen-bond acceptors (Lipinski definition) is 4. The van der Waals surface area contributed by atoms with Gasteiger partial charge in [0.15, 0.2) is 0 Å². The first kappa shape index (κ1) is 19.9. The molecule has 0 radical (unpaired) electrons. The minimum absolute atomic E-state index is 0. The molecule has 2 aliphatic rings. The Morgan fingerprint density at radius 3 is 2.65 bits per heavy atom. The van der Waals surface area contributed by atoms with Crippen LogP contribution in [0.1, 0.15) is 26.2 Å². The number of carbonyl (C=O) groups is 1. The van der Waals surface area contributed by atoms with Crippen LogP contribution in [0.25, 0.3) is 0 Å². The molecule has 0 unspecified atom stereocenters. The second-order valence-corrected chi connectivity index (χ2v) is 5.20. The molecule has 2 atom stereocenters. The zero-order valence-corrected chi connectivity index (χ0v) is 13.7. The van der Waals surface area contributed by atoms with E-state index in [4.69, 9.17) is 4.74 Å². The number of nitrogens with one attached hydrogen (secondary N) is 2. The van der Waals surface area contributed by atoms with Gasteiger partial charge in [0, 0.05) is 19.6 Å². The Kier molecular flexibility index (Phi) is 10.6. The number of ether oxygens (including phenoxy) is 1. The summed E-state index contributed by atoms with van der Waals surface area (Å²) in [4.78, 5) is 14.4. The normalized spacial score (nSPS) is 27.1. The van der Waals surface area contributed by atoms with Gasteiger partial charge in [-0.1, -0.05) is 6.42 Å². The number of carbonyl (C=O) groups excluding carboxylic acids is 1. The third-order valence-electron chi connectivity index (χ3n) is 3.77. The van der Waals surface area contributed by atoms with Gasteiger partial charge in [0.05, 0.1) is 12.7 Å². The van der Waals surface area contributed by atoms with Crippen LogP contribution >= 0.6 is 24.8 Å². The van der Waals surface area contributed by atoms with Crippen molar-refractivity contribution in [2.45, 2.75) is 38.3 Å². The highest BCUT2D eigenvalue weighted by Crippen LogP contribution is 2.07. The third-order valence-corrected chi connectivity index (χ3v) is 3.77. The molecule has 120 valence electrons. The van der Waals surface area contributed by atoms with Crippen LogP contribution in [0.2, 0.25) is 0 Å². The Morgan fingerprint density at radius 2 is 2.00 bits per heavy atom. The van der Waals surface area contributed by atoms with Gasteiger partial charge in [0.1, 0.15) is 6.04 Å². The summed E-state index contributed by atoms with van der Waals surface area (Å²) >= 11 is 0. The molecule has 2 N–H and O–H groups in total. The molecule has 0 aromatic heterocycles. The van der Waals surface area contributed by atoms with Crippen molar-refractivity contribution in [2.24, 2.45) is 0 Å². The maximum absolute atomic E-state index is 12.0. The van der Waals surface area contributed by atoms with Gasteiger partial charge in [-0.15, -0.1) is 24.8 Å². The number of morpholine rings is 1. The molecule has 0 saturated carbocycles. The van der Waals surface area contributed by atoms with Gasteiger partial charge in [-0.2, -0.15) is 0 Å². The average molecular weight is 328 g/mol. The highest BCUT2D eigenvalue weighted by atomic mass is 35.5. The SMILES string of the molecule is C[C@H]1OCCN[C@@H]1C(=O)NCCN1CCCCC1.Cl.Cl. The minimum Gasteiger partial charge on any atom is -0.375 e. The van der Waals surface area contributed by atoms with E-state index in [-0.39, 0.29) is 42.9 Å². The Labute approximate surface area is 134 Å². The molecule has 0 bridgehead atoms. The van der Waals surface area contributed by atoms with Gasteiger partial charge in [0.2, 0.25) is 5.91 Å². The number of rotatable bonds is 4. The number of amides is 1. The smallest absolute Gasteiger partial charge is 0.239 e. The predicted octanol–water partition coefficient (Wildman–Crippen LogP) is 0.809. The van der Waals surface area contributed by atoms with Crippen molar-refractivity contribution in [2.75, 3.05) is 39.3 Å². The molecule has 0 aromatic carbocycles. The highest BCUT2D eigenvalue weighted by molar-refractivity contribution is 5.85. The van der Waals surface area contributed by atoms with E-state index in [1.807, 2.05) is 6.92 Å². The molecule has 2 aliphatic heterocycles. The van der Waals surface area contributed by atoms with Gasteiger partial charge in [0.25, 0.3) is 0 Å². The summed E-state index contributed by atoms with van der Waals surface area (Å²) in [7, 11) is 0. The number of piperidine rings is 1. The summed E-state index contributed by atoms with van der Waals surface area (Å²) < 4.78 is 5.47. The van der Waals surface area contributed by atoms with Gasteiger partial charge in [-0.05, 0) is 32.9 Å². The van der Waals surface area contributed by atoms with Crippen LogP contribution < -0.4 is 10.6 Å². The lowest BCUT2D eigenvalue weighted by Crippen LogP contribution is -2.56. The lowest BCUT2D eigenvalue weighted by Gasteiger charge is -2.30. The second kappa shape index (κ2) is 10.6. The molecule has 2 fully saturated rings. The van der Waals surface area contributed by atoms with Gasteiger partial charge in [-0.3, -0.25) is 4.79 Å². The molecule has 20 heavy (non-hydrogen) atoms. The lowest BCUT2D eigenvalue weighted by atomic mass is 10.1. The summed E-state index contributed by atoms with van der Waals surface area (Å²) in [5, 5.41) is 6.21. The molecule has 0 aromatic rings. The van der Waals surface area contributed by atoms with E-state index in [0.717, 1.165) is 19.6 Å². The molecule has 0 aliphatic carbocycles. The van der Waals surface area contributed by atoms with Crippen LogP contribution in [0.4, 0.5) is 0 Å². The highest BCUT2D eigenvalue weighted by Gasteiger charge is 2.27. The van der Waals surface area contributed by atoms with Gasteiger partial charge < -0.3 is 20.3 Å². The average Bonchev–Trinajstić information content (AvgIpc) is 2.40. The van der Waals surface area contributed by atoms with Crippen molar-refractivity contribution in [1.82, 2.24) is 15.5 Å². The fraction of sp³-hybridized carbons (Fsp3) is 0.923. The predicted molar refractivity (Wildman–Crippen MR) is 85.0 cm³/mol. The first-order valence-electron chi connectivity index (χ1n) is 7.12. The van der Waals surface area contributed by atoms with E-state index in [1.54, 1.807) is 0 Å². The largest absolute Gasteiger partial charge is 0.375 e. The fourth-order valence-electron chi connectivity index (χ4n) is 2.66. The van der Waals surface area contributed by atoms with Gasteiger partial charge >= 0.3 is 0 Å². The van der Waals surface area contributed by atoms with Crippen LogP contribution in [0.5, 0.6) is 0 Å². The monoisotopic (exact) mass is 327 g/mol. The van der Waals surface area contributed by atoms with Crippen molar-refractivity contribution in [3.05, 3.63) is 0 Å². The second-order valence-electron chi connectivity index (χ2n) is 5.20. The van der Waals surface area contributed by atoms with Crippen molar-refractivity contribution < 1.29 is 9.53 Å². The molecule has 1 amide bonds. The Balaban J connectivity index is 0.00000180. The molecular formula is C13H27Cl2N3O2. The molecule has 2 saturated heterocycles. The number of likely N-dealkylation sites (tertiary alicyclic amines) is 1. The zero-order valence-electron chi connectivity index (χ0n) is 12.1. The van der Waals surface area contributed by atoms with Crippen molar-refractivity contribution >= 4 is 30.7 Å². The van der Waals surface area contributed by atoms with E-state index in [0.29, 0.717) is 6.61 Å². The van der Waals surface area contributed by atoms with E-state index >= 15 is 0 Å². The van der Waals surface area contributed by atoms with Crippen molar-refractivity contribution in [1.29, 1.82) is 0 Å². The van der Waals surface area contributed by atoms with Crippen LogP contribution in [0.15, 0.2) is 0 Å². The summed E-state index contributed by atoms with van der Waals surface area (Å²) in [6.45, 7) is 7.46. The number of halogens is 2. The third kappa shape index (κ3) is 6.14. The summed E-state index contributed by atoms with van der Waals surface area (Å²) in [6, 6.07) is -0.194. The van der Waals surface area contributed by atoms with Gasteiger partial charge in [-0.25, -0.2) is 0 Å². The summed E-state index contributed by atoms with van der Waals surface area (Å²) in [5.74, 6) is 0.0687. The molecule has 7 heteroatoms. The quantitative estimate of drug-likeness (QED) is 0.802. The summed E-state index contributed by atoms with van der Waals surface area (Å²) in [5.41, 5.74) is 0. The van der Waals surface area contributed by atoms with E-state index in [1.165, 1.54) is 32.4 Å². The zero-order chi connectivity index (χ0) is 12.8. The maximum atomic E-state index is 12.0. The number of nitrogens with zero attached hydrogens (tertiary/aromatic N) is 1. The Morgan fingerprint density at radius 1 is 1.30 bits per heavy atom. The van der Waals surface area contributed by atoms with Crippen LogP contribution in [-0.4, -0.2) is 62.3 Å². The first-order valence-corrected chi connectivity index (χ1v) is 7.12. The standard InChI is InChI=1S/C13H25N3O2.2ClH/c1-11-12(14-6-10-18-11)13(17)15-5-9-16-7-3-2-4-8-16;;/h11-12,14H,2-10H2,1H3,(H,15,17);2*1H/t11-,12+;;/m1../s1. The molecule has 2 rings (SSSR count). The van der Waals surface area contributed by atoms with E-state index in [9.17, 15) is 4.79 Å². The topological polar surface area (TPSA) is 53.6 Å².